The average Bonchev–Trinajstić information content (AvgIpc) is 3.43. The number of nitrogens with zero attached hydrogens (tertiary/aromatic N) is 3. The van der Waals surface area contributed by atoms with E-state index in [-0.39, 0.29) is 11.8 Å². The minimum Gasteiger partial charge on any atom is -0.361 e. The Morgan fingerprint density at radius 3 is 2.90 bits per heavy atom. The van der Waals surface area contributed by atoms with E-state index in [1.807, 2.05) is 43.3 Å². The van der Waals surface area contributed by atoms with E-state index in [1.165, 1.54) is 0 Å². The van der Waals surface area contributed by atoms with E-state index in [0.717, 1.165) is 16.8 Å². The fourth-order valence-electron chi connectivity index (χ4n) is 4.98. The molecule has 2 aliphatic heterocycles. The third-order valence-electron chi connectivity index (χ3n) is 6.33. The first-order chi connectivity index (χ1) is 14.6. The second kappa shape index (κ2) is 6.79. The van der Waals surface area contributed by atoms with Crippen molar-refractivity contribution >= 4 is 17.5 Å². The first-order valence-corrected chi connectivity index (χ1v) is 10.1. The molecule has 0 bridgehead atoms. The number of aromatic nitrogens is 2. The van der Waals surface area contributed by atoms with E-state index >= 15 is 0 Å². The summed E-state index contributed by atoms with van der Waals surface area (Å²) in [6, 6.07) is 11.0. The van der Waals surface area contributed by atoms with Crippen LogP contribution in [0.4, 0.5) is 5.69 Å². The number of pyridine rings is 1. The molecule has 30 heavy (non-hydrogen) atoms. The quantitative estimate of drug-likeness (QED) is 0.725. The summed E-state index contributed by atoms with van der Waals surface area (Å²) in [6.07, 6.45) is 4.57. The van der Waals surface area contributed by atoms with E-state index in [2.05, 4.69) is 15.5 Å². The molecule has 2 unspecified atom stereocenters. The van der Waals surface area contributed by atoms with Crippen LogP contribution in [-0.2, 0) is 16.6 Å². The number of anilines is 1. The smallest absolute Gasteiger partial charge is 0.259 e. The Bertz CT molecular complexity index is 1140. The molecule has 1 aromatic carbocycles. The highest BCUT2D eigenvalue weighted by Crippen LogP contribution is 2.54. The lowest BCUT2D eigenvalue weighted by molar-refractivity contribution is -0.121. The van der Waals surface area contributed by atoms with Crippen molar-refractivity contribution in [1.82, 2.24) is 15.0 Å². The van der Waals surface area contributed by atoms with Gasteiger partial charge in [-0.2, -0.15) is 0 Å². The van der Waals surface area contributed by atoms with Crippen LogP contribution in [0.15, 0.2) is 53.3 Å². The van der Waals surface area contributed by atoms with Gasteiger partial charge in [0.05, 0.1) is 11.7 Å². The minimum absolute atomic E-state index is 0.0781. The van der Waals surface area contributed by atoms with Crippen LogP contribution in [0.25, 0.3) is 0 Å². The lowest BCUT2D eigenvalue weighted by Gasteiger charge is -2.34. The summed E-state index contributed by atoms with van der Waals surface area (Å²) in [4.78, 5) is 33.2. The molecule has 1 spiro atoms. The zero-order chi connectivity index (χ0) is 20.9. The molecule has 1 saturated heterocycles. The molecular formula is C23H22N4O3. The summed E-state index contributed by atoms with van der Waals surface area (Å²) in [6.45, 7) is 4.15. The Labute approximate surface area is 174 Å². The molecule has 7 heteroatoms. The largest absolute Gasteiger partial charge is 0.361 e. The fraction of sp³-hybridized carbons (Fsp3) is 0.304. The second-order valence-corrected chi connectivity index (χ2v) is 7.82. The van der Waals surface area contributed by atoms with Gasteiger partial charge in [0, 0.05) is 24.6 Å². The molecule has 0 saturated carbocycles. The first-order valence-electron chi connectivity index (χ1n) is 10.1. The van der Waals surface area contributed by atoms with Crippen molar-refractivity contribution in [3.8, 4) is 0 Å². The summed E-state index contributed by atoms with van der Waals surface area (Å²) in [5, 5.41) is 7.08. The number of hydrogen-bond donors (Lipinski definition) is 1. The monoisotopic (exact) mass is 402 g/mol. The van der Waals surface area contributed by atoms with E-state index in [4.69, 9.17) is 4.52 Å². The zero-order valence-electron chi connectivity index (χ0n) is 16.9. The Hall–Kier alpha value is -3.48. The lowest BCUT2D eigenvalue weighted by Crippen LogP contribution is -2.43. The van der Waals surface area contributed by atoms with Gasteiger partial charge in [-0.25, -0.2) is 0 Å². The highest BCUT2D eigenvalue weighted by Gasteiger charge is 2.59. The Kier molecular flexibility index (Phi) is 4.20. The van der Waals surface area contributed by atoms with Gasteiger partial charge in [-0.15, -0.1) is 0 Å². The fourth-order valence-corrected chi connectivity index (χ4v) is 4.98. The molecule has 1 fully saturated rings. The Morgan fingerprint density at radius 1 is 1.30 bits per heavy atom. The van der Waals surface area contributed by atoms with E-state index < -0.39 is 11.5 Å². The number of rotatable bonds is 3. The summed E-state index contributed by atoms with van der Waals surface area (Å²) in [7, 11) is 0. The van der Waals surface area contributed by atoms with E-state index in [9.17, 15) is 9.59 Å². The van der Waals surface area contributed by atoms with Gasteiger partial charge in [-0.1, -0.05) is 36.3 Å². The molecule has 0 aliphatic carbocycles. The second-order valence-electron chi connectivity index (χ2n) is 7.82. The molecule has 152 valence electrons. The van der Waals surface area contributed by atoms with Crippen LogP contribution in [0, 0.1) is 6.92 Å². The number of para-hydroxylation sites is 1. The maximum Gasteiger partial charge on any atom is 0.259 e. The number of amides is 2. The van der Waals surface area contributed by atoms with Gasteiger partial charge in [-0.05, 0) is 43.0 Å². The van der Waals surface area contributed by atoms with Crippen LogP contribution in [0.1, 0.15) is 52.3 Å². The van der Waals surface area contributed by atoms with Gasteiger partial charge < -0.3 is 14.7 Å². The number of benzene rings is 1. The number of carbonyl (C=O) groups is 2. The topological polar surface area (TPSA) is 88.3 Å². The van der Waals surface area contributed by atoms with Gasteiger partial charge >= 0.3 is 0 Å². The molecule has 3 aromatic rings. The summed E-state index contributed by atoms with van der Waals surface area (Å²) in [5.74, 6) is 0.262. The third kappa shape index (κ3) is 2.44. The summed E-state index contributed by atoms with van der Waals surface area (Å²) >= 11 is 0. The number of aryl methyl sites for hydroxylation is 2. The van der Waals surface area contributed by atoms with E-state index in [0.29, 0.717) is 36.4 Å². The molecular weight excluding hydrogens is 380 g/mol. The maximum absolute atomic E-state index is 13.7. The van der Waals surface area contributed by atoms with Crippen LogP contribution in [-0.4, -0.2) is 33.4 Å². The Balaban J connectivity index is 1.68. The third-order valence-corrected chi connectivity index (χ3v) is 6.33. The predicted molar refractivity (Wildman–Crippen MR) is 110 cm³/mol. The molecule has 1 N–H and O–H groups in total. The summed E-state index contributed by atoms with van der Waals surface area (Å²) in [5.41, 5.74) is 2.85. The normalized spacial score (nSPS) is 22.4. The highest BCUT2D eigenvalue weighted by molar-refractivity contribution is 6.08. The van der Waals surface area contributed by atoms with Gasteiger partial charge in [0.2, 0.25) is 5.91 Å². The van der Waals surface area contributed by atoms with Gasteiger partial charge in [0.1, 0.15) is 16.7 Å². The molecule has 2 aliphatic rings. The molecule has 4 heterocycles. The standard InChI is InChI=1S/C23H22N4O3/c1-3-17-19(14(2)30-26-17)21(28)27-12-10-23(20(27)15-7-6-11-24-13-15)16-8-4-5-9-18(16)25-22(23)29/h4-9,11,13,20H,3,10,12H2,1-2H3,(H,25,29). The van der Waals surface area contributed by atoms with Crippen molar-refractivity contribution in [1.29, 1.82) is 0 Å². The minimum atomic E-state index is -0.854. The van der Waals surface area contributed by atoms with Crippen LogP contribution in [0.5, 0.6) is 0 Å². The molecule has 5 rings (SSSR count). The van der Waals surface area contributed by atoms with Crippen LogP contribution < -0.4 is 5.32 Å². The van der Waals surface area contributed by atoms with Crippen molar-refractivity contribution in [3.05, 3.63) is 76.9 Å². The van der Waals surface area contributed by atoms with Crippen LogP contribution in [0.3, 0.4) is 0 Å². The number of carbonyl (C=O) groups excluding carboxylic acids is 2. The summed E-state index contributed by atoms with van der Waals surface area (Å²) < 4.78 is 5.31. The van der Waals surface area contributed by atoms with Crippen LogP contribution >= 0.6 is 0 Å². The maximum atomic E-state index is 13.7. The van der Waals surface area contributed by atoms with Gasteiger partial charge in [-0.3, -0.25) is 14.6 Å². The molecule has 0 radical (unpaired) electrons. The van der Waals surface area contributed by atoms with Crippen molar-refractivity contribution < 1.29 is 14.1 Å². The number of fused-ring (bicyclic) bond motifs is 2. The van der Waals surface area contributed by atoms with Crippen molar-refractivity contribution in [2.45, 2.75) is 38.1 Å². The van der Waals surface area contributed by atoms with Crippen molar-refractivity contribution in [2.24, 2.45) is 0 Å². The molecule has 2 amide bonds. The Morgan fingerprint density at radius 2 is 2.13 bits per heavy atom. The number of hydrogen-bond acceptors (Lipinski definition) is 5. The van der Waals surface area contributed by atoms with Gasteiger partial charge in [0.25, 0.3) is 5.91 Å². The molecule has 2 aromatic heterocycles. The predicted octanol–water partition coefficient (Wildman–Crippen LogP) is 3.42. The lowest BCUT2D eigenvalue weighted by atomic mass is 9.73. The highest BCUT2D eigenvalue weighted by atomic mass is 16.5. The number of nitrogens with one attached hydrogen (secondary N) is 1. The zero-order valence-corrected chi connectivity index (χ0v) is 16.9. The average molecular weight is 402 g/mol. The van der Waals surface area contributed by atoms with Crippen LogP contribution in [0.2, 0.25) is 0 Å². The molecule has 2 atom stereocenters. The first kappa shape index (κ1) is 18.5. The number of likely N-dealkylation sites (tertiary alicyclic amines) is 1. The SMILES string of the molecule is CCc1noc(C)c1C(=O)N1CCC2(C(=O)Nc3ccccc32)C1c1cccnc1. The van der Waals surface area contributed by atoms with Crippen molar-refractivity contribution in [2.75, 3.05) is 11.9 Å². The van der Waals surface area contributed by atoms with E-state index in [1.54, 1.807) is 24.2 Å². The van der Waals surface area contributed by atoms with Crippen molar-refractivity contribution in [3.63, 3.8) is 0 Å². The van der Waals surface area contributed by atoms with Gasteiger partial charge in [0.15, 0.2) is 0 Å². The molecule has 7 nitrogen and oxygen atoms in total.